The molecule has 0 spiro atoms. The first kappa shape index (κ1) is 22.2. The molecule has 1 fully saturated rings. The first-order valence-electron chi connectivity index (χ1n) is 10.6. The number of carboxylic acid groups (broad SMARTS) is 1. The maximum Gasteiger partial charge on any atom is 0.322 e. The molecule has 11 heteroatoms. The fourth-order valence-electron chi connectivity index (χ4n) is 4.28. The van der Waals surface area contributed by atoms with Crippen LogP contribution in [0.25, 0.3) is 11.0 Å². The summed E-state index contributed by atoms with van der Waals surface area (Å²) in [7, 11) is 0. The summed E-state index contributed by atoms with van der Waals surface area (Å²) in [5, 5.41) is 27.2. The van der Waals surface area contributed by atoms with Gasteiger partial charge in [-0.1, -0.05) is 12.8 Å². The lowest BCUT2D eigenvalue weighted by atomic mass is 10.0. The number of aryl methyl sites for hydroxylation is 1. The quantitative estimate of drug-likeness (QED) is 0.278. The minimum absolute atomic E-state index is 0.0505. The number of fused-ring (bicyclic) bond motifs is 1. The van der Waals surface area contributed by atoms with Crippen molar-refractivity contribution in [2.24, 2.45) is 0 Å². The van der Waals surface area contributed by atoms with E-state index in [9.17, 15) is 19.6 Å². The second-order valence-electron chi connectivity index (χ2n) is 8.10. The van der Waals surface area contributed by atoms with Gasteiger partial charge in [-0.3, -0.25) is 19.0 Å². The minimum atomic E-state index is -1.05. The van der Waals surface area contributed by atoms with Crippen molar-refractivity contribution in [3.05, 3.63) is 51.2 Å². The number of pyridine rings is 2. The van der Waals surface area contributed by atoms with Crippen molar-refractivity contribution >= 4 is 40.2 Å². The summed E-state index contributed by atoms with van der Waals surface area (Å²) in [5.41, 5.74) is 1.11. The predicted molar refractivity (Wildman–Crippen MR) is 121 cm³/mol. The summed E-state index contributed by atoms with van der Waals surface area (Å²) in [6.07, 6.45) is 6.40. The van der Waals surface area contributed by atoms with Crippen LogP contribution in [-0.2, 0) is 4.79 Å². The molecular formula is C22H24N6O5. The monoisotopic (exact) mass is 452 g/mol. The van der Waals surface area contributed by atoms with Crippen molar-refractivity contribution in [2.75, 3.05) is 17.2 Å². The van der Waals surface area contributed by atoms with Crippen LogP contribution in [0.3, 0.4) is 0 Å². The summed E-state index contributed by atoms with van der Waals surface area (Å²) < 4.78 is 2.13. The third-order valence-corrected chi connectivity index (χ3v) is 5.85. The van der Waals surface area contributed by atoms with Gasteiger partial charge in [0.05, 0.1) is 11.3 Å². The van der Waals surface area contributed by atoms with Crippen LogP contribution in [-0.4, -0.2) is 37.9 Å². The van der Waals surface area contributed by atoms with Crippen molar-refractivity contribution in [3.8, 4) is 0 Å². The molecule has 0 aliphatic heterocycles. The molecule has 1 saturated carbocycles. The lowest BCUT2D eigenvalue weighted by molar-refractivity contribution is -0.589. The third kappa shape index (κ3) is 4.34. The van der Waals surface area contributed by atoms with E-state index in [2.05, 4.69) is 20.6 Å². The van der Waals surface area contributed by atoms with E-state index in [1.807, 2.05) is 0 Å². The average molecular weight is 452 g/mol. The number of aromatic nitrogens is 4. The van der Waals surface area contributed by atoms with Crippen molar-refractivity contribution in [3.63, 3.8) is 0 Å². The number of carbonyl (C=O) groups is 2. The largest absolute Gasteiger partial charge is 0.711 e. The fraction of sp³-hybridized carbons (Fsp3) is 0.364. The number of hydrogen-bond donors (Lipinski definition) is 3. The zero-order valence-corrected chi connectivity index (χ0v) is 18.3. The molecule has 3 aromatic rings. The summed E-state index contributed by atoms with van der Waals surface area (Å²) in [6, 6.07) is 2.97. The zero-order chi connectivity index (χ0) is 23.7. The highest BCUT2D eigenvalue weighted by atomic mass is 16.5. The van der Waals surface area contributed by atoms with Crippen LogP contribution in [0.1, 0.15) is 54.6 Å². The molecule has 172 valence electrons. The van der Waals surface area contributed by atoms with Crippen LogP contribution in [0.15, 0.2) is 29.3 Å². The Kier molecular flexibility index (Phi) is 5.95. The van der Waals surface area contributed by atoms with Crippen molar-refractivity contribution in [1.29, 1.82) is 0 Å². The lowest BCUT2D eigenvalue weighted by Crippen LogP contribution is -2.31. The van der Waals surface area contributed by atoms with Crippen molar-refractivity contribution in [1.82, 2.24) is 14.5 Å². The highest BCUT2D eigenvalue weighted by molar-refractivity contribution is 5.99. The number of carbonyl (C=O) groups excluding carboxylic acids is 1. The number of ketones is 1. The van der Waals surface area contributed by atoms with Crippen LogP contribution < -0.4 is 20.9 Å². The van der Waals surface area contributed by atoms with E-state index in [1.54, 1.807) is 23.8 Å². The Morgan fingerprint density at radius 2 is 2.03 bits per heavy atom. The molecule has 0 atom stereocenters. The normalized spacial score (nSPS) is 13.9. The smallest absolute Gasteiger partial charge is 0.322 e. The van der Waals surface area contributed by atoms with Gasteiger partial charge in [0.1, 0.15) is 12.7 Å². The molecule has 0 radical (unpaired) electrons. The fourth-order valence-corrected chi connectivity index (χ4v) is 4.28. The average Bonchev–Trinajstić information content (AvgIpc) is 3.28. The Bertz CT molecular complexity index is 1310. The van der Waals surface area contributed by atoms with Gasteiger partial charge in [0.25, 0.3) is 11.4 Å². The maximum absolute atomic E-state index is 13.3. The van der Waals surface area contributed by atoms with Gasteiger partial charge in [-0.25, -0.2) is 10.0 Å². The van der Waals surface area contributed by atoms with E-state index in [1.165, 1.54) is 19.2 Å². The van der Waals surface area contributed by atoms with E-state index in [0.29, 0.717) is 27.0 Å². The molecule has 4 rings (SSSR count). The first-order valence-corrected chi connectivity index (χ1v) is 10.6. The number of Topliss-reactive ketones (excluding diaryl/α,β-unsaturated/α-hetero) is 1. The lowest BCUT2D eigenvalue weighted by Gasteiger charge is -2.19. The van der Waals surface area contributed by atoms with Gasteiger partial charge < -0.3 is 15.6 Å². The summed E-state index contributed by atoms with van der Waals surface area (Å²) in [4.78, 5) is 45.0. The van der Waals surface area contributed by atoms with Gasteiger partial charge in [-0.05, 0) is 38.3 Å². The molecule has 3 N–H and O–H groups in total. The first-order chi connectivity index (χ1) is 15.8. The number of aliphatic carboxylic acids is 1. The van der Waals surface area contributed by atoms with Gasteiger partial charge in [-0.15, -0.1) is 0 Å². The number of rotatable bonds is 7. The molecule has 0 bridgehead atoms. The van der Waals surface area contributed by atoms with E-state index < -0.39 is 5.97 Å². The van der Waals surface area contributed by atoms with E-state index in [-0.39, 0.29) is 41.3 Å². The molecule has 0 saturated heterocycles. The molecule has 11 nitrogen and oxygen atoms in total. The van der Waals surface area contributed by atoms with E-state index in [0.717, 1.165) is 25.7 Å². The molecule has 1 aliphatic carbocycles. The second-order valence-corrected chi connectivity index (χ2v) is 8.10. The Labute approximate surface area is 188 Å². The van der Waals surface area contributed by atoms with E-state index in [4.69, 9.17) is 5.11 Å². The predicted octanol–water partition coefficient (Wildman–Crippen LogP) is 2.29. The highest BCUT2D eigenvalue weighted by Gasteiger charge is 2.26. The zero-order valence-electron chi connectivity index (χ0n) is 18.3. The van der Waals surface area contributed by atoms with Gasteiger partial charge in [0.2, 0.25) is 0 Å². The molecule has 0 unspecified atom stereocenters. The number of nitrogens with zero attached hydrogens (tertiary/aromatic N) is 4. The van der Waals surface area contributed by atoms with Gasteiger partial charge in [-0.2, -0.15) is 9.97 Å². The third-order valence-electron chi connectivity index (χ3n) is 5.85. The molecule has 33 heavy (non-hydrogen) atoms. The standard InChI is InChI=1S/C22H24N6O5/c1-12-16-9-24-22(25-17-8-7-14(11-27(17)33)23-10-18(30)31)26-20(16)28(15-5-3-4-6-15)21(32)19(12)13(2)29/h7-9,11,15,23H,3-6,10H2,1-2H3,(H,30,31)(H,24,25,26). The Morgan fingerprint density at radius 1 is 1.30 bits per heavy atom. The summed E-state index contributed by atoms with van der Waals surface area (Å²) in [5.74, 6) is -1.09. The minimum Gasteiger partial charge on any atom is -0.711 e. The van der Waals surface area contributed by atoms with Crippen LogP contribution in [0, 0.1) is 12.1 Å². The van der Waals surface area contributed by atoms with Crippen LogP contribution in [0.4, 0.5) is 17.5 Å². The van der Waals surface area contributed by atoms with Crippen molar-refractivity contribution < 1.29 is 19.4 Å². The number of nitrogens with one attached hydrogen (secondary N) is 2. The second kappa shape index (κ2) is 8.85. The van der Waals surface area contributed by atoms with Gasteiger partial charge in [0.15, 0.2) is 11.4 Å². The Hall–Kier alpha value is -4.02. The summed E-state index contributed by atoms with van der Waals surface area (Å²) in [6.45, 7) is 2.78. The van der Waals surface area contributed by atoms with Crippen LogP contribution in [0.2, 0.25) is 0 Å². The molecule has 1 aliphatic rings. The molecular weight excluding hydrogens is 428 g/mol. The van der Waals surface area contributed by atoms with Crippen molar-refractivity contribution in [2.45, 2.75) is 45.6 Å². The molecule has 3 aromatic heterocycles. The highest BCUT2D eigenvalue weighted by Crippen LogP contribution is 2.32. The molecule has 0 amide bonds. The summed E-state index contributed by atoms with van der Waals surface area (Å²) >= 11 is 0. The number of carboxylic acids is 1. The molecule has 3 heterocycles. The van der Waals surface area contributed by atoms with Gasteiger partial charge >= 0.3 is 11.9 Å². The van der Waals surface area contributed by atoms with E-state index >= 15 is 0 Å². The van der Waals surface area contributed by atoms with Crippen LogP contribution >= 0.6 is 0 Å². The SMILES string of the molecule is CC(=O)c1c(C)c2cnc(Nc3ccc(NCC(=O)O)c[n+]3[O-])nc2n(C2CCCC2)c1=O. The number of hydrogen-bond acceptors (Lipinski definition) is 8. The molecule has 0 aromatic carbocycles. The topological polar surface area (TPSA) is 153 Å². The Balaban J connectivity index is 1.76. The Morgan fingerprint density at radius 3 is 2.67 bits per heavy atom. The maximum atomic E-state index is 13.3. The van der Waals surface area contributed by atoms with Gasteiger partial charge in [0, 0.05) is 23.7 Å². The van der Waals surface area contributed by atoms with Crippen LogP contribution in [0.5, 0.6) is 0 Å². The number of anilines is 3.